The molecule has 0 amide bonds. The van der Waals surface area contributed by atoms with Crippen LogP contribution in [-0.4, -0.2) is 42.5 Å². The predicted molar refractivity (Wildman–Crippen MR) is 50.5 cm³/mol. The molecule has 0 radical (unpaired) electrons. The molecule has 0 aromatic heterocycles. The second-order valence-electron chi connectivity index (χ2n) is 1.91. The van der Waals surface area contributed by atoms with Gasteiger partial charge in [-0.25, -0.2) is 0 Å². The molecule has 0 rings (SSSR count). The molecule has 0 spiro atoms. The molecule has 0 unspecified atom stereocenters. The molecule has 7 heteroatoms. The lowest BCUT2D eigenvalue weighted by atomic mass is 10.4. The maximum absolute atomic E-state index is 9.83. The number of carbonyl (C=O) groups excluding carboxylic acids is 1. The average molecular weight is 210 g/mol. The SMILES string of the molecule is COC(=O)CN.N[C@@H](CS)C(=O)O. The predicted octanol–water partition coefficient (Wildman–Crippen LogP) is -1.55. The minimum absolute atomic E-state index is 0.0312. The first kappa shape index (κ1) is 14.7. The number of ether oxygens (including phenoxy) is 1. The zero-order chi connectivity index (χ0) is 10.9. The zero-order valence-electron chi connectivity index (χ0n) is 7.27. The van der Waals surface area contributed by atoms with Gasteiger partial charge in [-0.05, 0) is 0 Å². The summed E-state index contributed by atoms with van der Waals surface area (Å²) in [5.74, 6) is -1.19. The smallest absolute Gasteiger partial charge is 0.321 e. The first-order valence-corrected chi connectivity index (χ1v) is 3.98. The summed E-state index contributed by atoms with van der Waals surface area (Å²) in [5.41, 5.74) is 9.75. The second-order valence-corrected chi connectivity index (χ2v) is 2.27. The van der Waals surface area contributed by atoms with E-state index in [0.717, 1.165) is 0 Å². The van der Waals surface area contributed by atoms with E-state index in [1.807, 2.05) is 0 Å². The summed E-state index contributed by atoms with van der Waals surface area (Å²) >= 11 is 3.65. The molecule has 6 nitrogen and oxygen atoms in total. The van der Waals surface area contributed by atoms with E-state index in [1.54, 1.807) is 0 Å². The van der Waals surface area contributed by atoms with Crippen LogP contribution < -0.4 is 11.5 Å². The molecular weight excluding hydrogens is 196 g/mol. The molecule has 5 N–H and O–H groups in total. The Balaban J connectivity index is 0. The maximum Gasteiger partial charge on any atom is 0.321 e. The minimum Gasteiger partial charge on any atom is -0.480 e. The molecule has 0 saturated heterocycles. The summed E-state index contributed by atoms with van der Waals surface area (Å²) in [6, 6.07) is -0.816. The highest BCUT2D eigenvalue weighted by Crippen LogP contribution is 1.80. The van der Waals surface area contributed by atoms with E-state index < -0.39 is 12.0 Å². The van der Waals surface area contributed by atoms with E-state index in [1.165, 1.54) is 7.11 Å². The number of carboxylic acid groups (broad SMARTS) is 1. The quantitative estimate of drug-likeness (QED) is 0.331. The number of thiol groups is 1. The van der Waals surface area contributed by atoms with Crippen molar-refractivity contribution in [1.82, 2.24) is 0 Å². The van der Waals surface area contributed by atoms with Gasteiger partial charge in [-0.3, -0.25) is 9.59 Å². The van der Waals surface area contributed by atoms with Gasteiger partial charge in [0.2, 0.25) is 0 Å². The maximum atomic E-state index is 9.83. The molecule has 0 heterocycles. The highest BCUT2D eigenvalue weighted by Gasteiger charge is 2.06. The van der Waals surface area contributed by atoms with Crippen LogP contribution >= 0.6 is 12.6 Å². The van der Waals surface area contributed by atoms with Crippen molar-refractivity contribution in [3.8, 4) is 0 Å². The Labute approximate surface area is 81.6 Å². The standard InChI is InChI=1S/C3H7NO2S.C3H7NO2/c4-2(1-7)3(5)6;1-6-3(5)2-4/h2,7H,1,4H2,(H,5,6);2,4H2,1H3/t2-;/m0./s1. The molecule has 0 aliphatic rings. The van der Waals surface area contributed by atoms with Gasteiger partial charge in [-0.2, -0.15) is 12.6 Å². The number of aliphatic carboxylic acids is 1. The van der Waals surface area contributed by atoms with E-state index >= 15 is 0 Å². The van der Waals surface area contributed by atoms with Crippen molar-refractivity contribution in [3.05, 3.63) is 0 Å². The Morgan fingerprint density at radius 3 is 2.08 bits per heavy atom. The first-order valence-electron chi connectivity index (χ1n) is 3.35. The summed E-state index contributed by atoms with van der Waals surface area (Å²) in [4.78, 5) is 19.6. The van der Waals surface area contributed by atoms with Gasteiger partial charge >= 0.3 is 11.9 Å². The van der Waals surface area contributed by atoms with Gasteiger partial charge in [-0.15, -0.1) is 0 Å². The number of hydrogen-bond donors (Lipinski definition) is 4. The third-order valence-electron chi connectivity index (χ3n) is 0.908. The summed E-state index contributed by atoms with van der Waals surface area (Å²) in [6.45, 7) is -0.0312. The number of rotatable bonds is 3. The van der Waals surface area contributed by atoms with Crippen molar-refractivity contribution < 1.29 is 19.4 Å². The van der Waals surface area contributed by atoms with Crippen LogP contribution in [-0.2, 0) is 14.3 Å². The van der Waals surface area contributed by atoms with E-state index in [2.05, 4.69) is 17.4 Å². The Morgan fingerprint density at radius 2 is 2.08 bits per heavy atom. The van der Waals surface area contributed by atoms with Crippen LogP contribution in [0, 0.1) is 0 Å². The lowest BCUT2D eigenvalue weighted by Crippen LogP contribution is -2.31. The molecule has 0 fully saturated rings. The number of carboxylic acids is 1. The summed E-state index contributed by atoms with van der Waals surface area (Å²) in [5, 5.41) is 8.01. The molecule has 1 atom stereocenters. The topological polar surface area (TPSA) is 116 Å². The van der Waals surface area contributed by atoms with Crippen molar-refractivity contribution >= 4 is 24.6 Å². The minimum atomic E-state index is -1.00. The molecule has 0 aliphatic carbocycles. The van der Waals surface area contributed by atoms with Crippen molar-refractivity contribution in [2.24, 2.45) is 11.5 Å². The van der Waals surface area contributed by atoms with Gasteiger partial charge in [0.15, 0.2) is 0 Å². The van der Waals surface area contributed by atoms with Gasteiger partial charge in [0.1, 0.15) is 6.04 Å². The van der Waals surface area contributed by atoms with Crippen LogP contribution in [0.5, 0.6) is 0 Å². The zero-order valence-corrected chi connectivity index (χ0v) is 8.16. The van der Waals surface area contributed by atoms with Gasteiger partial charge < -0.3 is 21.3 Å². The lowest BCUT2D eigenvalue weighted by molar-refractivity contribution is -0.139. The van der Waals surface area contributed by atoms with Crippen LogP contribution in [0.4, 0.5) is 0 Å². The third-order valence-corrected chi connectivity index (χ3v) is 1.30. The highest BCUT2D eigenvalue weighted by atomic mass is 32.1. The molecule has 0 bridgehead atoms. The monoisotopic (exact) mass is 210 g/mol. The van der Waals surface area contributed by atoms with E-state index in [-0.39, 0.29) is 18.3 Å². The Bertz CT molecular complexity index is 159. The van der Waals surface area contributed by atoms with Crippen LogP contribution in [0.2, 0.25) is 0 Å². The van der Waals surface area contributed by atoms with E-state index in [9.17, 15) is 9.59 Å². The van der Waals surface area contributed by atoms with E-state index in [4.69, 9.17) is 16.6 Å². The number of esters is 1. The number of hydrogen-bond acceptors (Lipinski definition) is 6. The number of nitrogens with two attached hydrogens (primary N) is 2. The number of carbonyl (C=O) groups is 2. The fraction of sp³-hybridized carbons (Fsp3) is 0.667. The fourth-order valence-corrected chi connectivity index (χ4v) is 0.318. The van der Waals surface area contributed by atoms with Gasteiger partial charge in [0.05, 0.1) is 13.7 Å². The Morgan fingerprint density at radius 1 is 1.62 bits per heavy atom. The van der Waals surface area contributed by atoms with Gasteiger partial charge in [0.25, 0.3) is 0 Å². The Hall–Kier alpha value is -0.790. The number of methoxy groups -OCH3 is 1. The molecule has 78 valence electrons. The van der Waals surface area contributed by atoms with E-state index in [0.29, 0.717) is 0 Å². The van der Waals surface area contributed by atoms with Crippen molar-refractivity contribution in [1.29, 1.82) is 0 Å². The summed E-state index contributed by atoms with van der Waals surface area (Å²) < 4.78 is 4.14. The van der Waals surface area contributed by atoms with Gasteiger partial charge in [-0.1, -0.05) is 0 Å². The lowest BCUT2D eigenvalue weighted by Gasteiger charge is -1.96. The van der Waals surface area contributed by atoms with Crippen LogP contribution in [0.25, 0.3) is 0 Å². The van der Waals surface area contributed by atoms with Crippen LogP contribution in [0.15, 0.2) is 0 Å². The van der Waals surface area contributed by atoms with Crippen LogP contribution in [0.3, 0.4) is 0 Å². The van der Waals surface area contributed by atoms with Gasteiger partial charge in [0, 0.05) is 5.75 Å². The first-order chi connectivity index (χ1) is 5.99. The molecular formula is C6H14N2O4S. The second kappa shape index (κ2) is 9.30. The molecule has 0 saturated carbocycles. The molecule has 0 aliphatic heterocycles. The Kier molecular flexibility index (Phi) is 10.5. The molecule has 0 aromatic carbocycles. The molecule has 13 heavy (non-hydrogen) atoms. The highest BCUT2D eigenvalue weighted by molar-refractivity contribution is 7.80. The largest absolute Gasteiger partial charge is 0.480 e. The normalized spacial score (nSPS) is 10.8. The summed E-state index contributed by atoms with van der Waals surface area (Å²) in [6.07, 6.45) is 0. The van der Waals surface area contributed by atoms with Crippen molar-refractivity contribution in [2.75, 3.05) is 19.4 Å². The van der Waals surface area contributed by atoms with Crippen molar-refractivity contribution in [2.45, 2.75) is 6.04 Å². The van der Waals surface area contributed by atoms with Crippen LogP contribution in [0.1, 0.15) is 0 Å². The fourth-order valence-electron chi connectivity index (χ4n) is 0.161. The average Bonchev–Trinajstić information content (AvgIpc) is 2.16. The summed E-state index contributed by atoms with van der Waals surface area (Å²) in [7, 11) is 1.30. The van der Waals surface area contributed by atoms with Crippen molar-refractivity contribution in [3.63, 3.8) is 0 Å². The third kappa shape index (κ3) is 11.2. The molecule has 0 aromatic rings.